The van der Waals surface area contributed by atoms with Crippen molar-refractivity contribution in [2.24, 2.45) is 23.7 Å². The number of carbonyl (C=O) groups excluding carboxylic acids is 1. The fourth-order valence-corrected chi connectivity index (χ4v) is 4.09. The third kappa shape index (κ3) is 5.86. The lowest BCUT2D eigenvalue weighted by Crippen LogP contribution is -2.46. The van der Waals surface area contributed by atoms with Gasteiger partial charge in [0.2, 0.25) is 0 Å². The third-order valence-corrected chi connectivity index (χ3v) is 6.26. The minimum Gasteiger partial charge on any atom is -0.299 e. The largest absolute Gasteiger partial charge is 0.299 e. The molecule has 2 aliphatic rings. The second-order valence-corrected chi connectivity index (χ2v) is 8.42. The molecule has 0 N–H and O–H groups in total. The van der Waals surface area contributed by atoms with Crippen LogP contribution in [-0.4, -0.2) is 48.4 Å². The van der Waals surface area contributed by atoms with Crippen LogP contribution < -0.4 is 0 Å². The molecular formula is C20H38N2O. The maximum atomic E-state index is 12.3. The molecule has 0 aromatic rings. The molecule has 3 heteroatoms. The molecule has 0 spiro atoms. The van der Waals surface area contributed by atoms with Crippen molar-refractivity contribution in [1.29, 1.82) is 0 Å². The molecule has 23 heavy (non-hydrogen) atoms. The third-order valence-electron chi connectivity index (χ3n) is 6.26. The molecule has 0 aliphatic carbocycles. The van der Waals surface area contributed by atoms with E-state index in [1.54, 1.807) is 0 Å². The van der Waals surface area contributed by atoms with Crippen LogP contribution in [0.4, 0.5) is 0 Å². The summed E-state index contributed by atoms with van der Waals surface area (Å²) in [7, 11) is 0. The normalized spacial score (nSPS) is 24.2. The smallest absolute Gasteiger partial charge is 0.136 e. The van der Waals surface area contributed by atoms with Gasteiger partial charge in [0.25, 0.3) is 0 Å². The summed E-state index contributed by atoms with van der Waals surface area (Å²) < 4.78 is 0. The highest BCUT2D eigenvalue weighted by atomic mass is 16.1. The quantitative estimate of drug-likeness (QED) is 0.707. The van der Waals surface area contributed by atoms with Crippen LogP contribution in [0.1, 0.15) is 66.2 Å². The van der Waals surface area contributed by atoms with Gasteiger partial charge >= 0.3 is 0 Å². The zero-order chi connectivity index (χ0) is 16.8. The van der Waals surface area contributed by atoms with Crippen LogP contribution in [0.25, 0.3) is 0 Å². The summed E-state index contributed by atoms with van der Waals surface area (Å²) in [6.07, 6.45) is 6.80. The zero-order valence-corrected chi connectivity index (χ0v) is 15.9. The first kappa shape index (κ1) is 18.9. The van der Waals surface area contributed by atoms with E-state index in [4.69, 9.17) is 0 Å². The lowest BCUT2D eigenvalue weighted by atomic mass is 9.86. The molecule has 0 bridgehead atoms. The van der Waals surface area contributed by atoms with Gasteiger partial charge in [0, 0.05) is 25.4 Å². The Balaban J connectivity index is 1.66. The monoisotopic (exact) mass is 322 g/mol. The van der Waals surface area contributed by atoms with Crippen LogP contribution >= 0.6 is 0 Å². The van der Waals surface area contributed by atoms with Crippen LogP contribution in [-0.2, 0) is 4.79 Å². The topological polar surface area (TPSA) is 23.6 Å². The summed E-state index contributed by atoms with van der Waals surface area (Å²) in [6, 6.07) is 0. The molecule has 0 aromatic carbocycles. The highest BCUT2D eigenvalue weighted by Gasteiger charge is 2.27. The maximum Gasteiger partial charge on any atom is 0.136 e. The molecule has 0 saturated carbocycles. The Morgan fingerprint density at radius 3 is 1.96 bits per heavy atom. The van der Waals surface area contributed by atoms with Crippen LogP contribution in [0, 0.1) is 23.7 Å². The van der Waals surface area contributed by atoms with Crippen molar-refractivity contribution >= 4 is 5.78 Å². The highest BCUT2D eigenvalue weighted by Crippen LogP contribution is 2.26. The number of Topliss-reactive ketones (excluding diaryl/α,β-unsaturated/α-hetero) is 1. The Hall–Kier alpha value is -0.410. The van der Waals surface area contributed by atoms with E-state index in [-0.39, 0.29) is 0 Å². The average Bonchev–Trinajstić information content (AvgIpc) is 2.55. The number of hydrogen-bond donors (Lipinski definition) is 0. The van der Waals surface area contributed by atoms with E-state index < -0.39 is 0 Å². The van der Waals surface area contributed by atoms with Crippen LogP contribution in [0.2, 0.25) is 0 Å². The van der Waals surface area contributed by atoms with E-state index in [9.17, 15) is 4.79 Å². The number of nitrogens with zero attached hydrogens (tertiary/aromatic N) is 2. The summed E-state index contributed by atoms with van der Waals surface area (Å²) in [4.78, 5) is 17.5. The van der Waals surface area contributed by atoms with E-state index in [0.717, 1.165) is 57.3 Å². The lowest BCUT2D eigenvalue weighted by molar-refractivity contribution is -0.125. The van der Waals surface area contributed by atoms with E-state index in [1.807, 2.05) is 0 Å². The van der Waals surface area contributed by atoms with E-state index in [1.165, 1.54) is 25.9 Å². The van der Waals surface area contributed by atoms with Crippen molar-refractivity contribution in [3.8, 4) is 0 Å². The second kappa shape index (κ2) is 9.17. The van der Waals surface area contributed by atoms with Crippen molar-refractivity contribution in [3.63, 3.8) is 0 Å². The first-order valence-corrected chi connectivity index (χ1v) is 9.97. The van der Waals surface area contributed by atoms with Gasteiger partial charge < -0.3 is 0 Å². The molecule has 0 radical (unpaired) electrons. The molecule has 2 aliphatic heterocycles. The van der Waals surface area contributed by atoms with E-state index in [0.29, 0.717) is 17.6 Å². The highest BCUT2D eigenvalue weighted by molar-refractivity contribution is 5.81. The fourth-order valence-electron chi connectivity index (χ4n) is 4.09. The first-order chi connectivity index (χ1) is 11.0. The Morgan fingerprint density at radius 1 is 0.957 bits per heavy atom. The van der Waals surface area contributed by atoms with Gasteiger partial charge in [-0.2, -0.15) is 0 Å². The number of ketones is 1. The van der Waals surface area contributed by atoms with Gasteiger partial charge in [0.05, 0.1) is 6.67 Å². The van der Waals surface area contributed by atoms with E-state index >= 15 is 0 Å². The summed E-state index contributed by atoms with van der Waals surface area (Å²) >= 11 is 0. The van der Waals surface area contributed by atoms with Gasteiger partial charge in [-0.05, 0) is 56.5 Å². The van der Waals surface area contributed by atoms with E-state index in [2.05, 4.69) is 37.5 Å². The molecule has 0 aromatic heterocycles. The minimum absolute atomic E-state index is 0.340. The summed E-state index contributed by atoms with van der Waals surface area (Å²) in [6.45, 7) is 15.0. The summed E-state index contributed by atoms with van der Waals surface area (Å²) in [5, 5.41) is 0. The fraction of sp³-hybridized carbons (Fsp3) is 0.950. The Bertz CT molecular complexity index is 353. The Morgan fingerprint density at radius 2 is 1.48 bits per heavy atom. The lowest BCUT2D eigenvalue weighted by Gasteiger charge is -2.39. The number of likely N-dealkylation sites (tertiary alicyclic amines) is 2. The number of carbonyl (C=O) groups is 1. The predicted molar refractivity (Wildman–Crippen MR) is 97.4 cm³/mol. The Kier molecular flexibility index (Phi) is 7.55. The van der Waals surface area contributed by atoms with Crippen LogP contribution in [0.15, 0.2) is 0 Å². The first-order valence-electron chi connectivity index (χ1n) is 9.97. The molecule has 1 unspecified atom stereocenters. The van der Waals surface area contributed by atoms with Gasteiger partial charge in [0.15, 0.2) is 0 Å². The molecule has 2 heterocycles. The standard InChI is InChI=1S/C20H38N2O/c1-5-17(4)14-20(23)19-8-12-22(13-9-19)15-21-10-6-18(7-11-21)16(2)3/h16-19H,5-15H2,1-4H3. The van der Waals surface area contributed by atoms with Gasteiger partial charge in [-0.25, -0.2) is 0 Å². The Labute approximate surface area is 143 Å². The van der Waals surface area contributed by atoms with Gasteiger partial charge in [-0.3, -0.25) is 14.6 Å². The van der Waals surface area contributed by atoms with Crippen LogP contribution in [0.5, 0.6) is 0 Å². The van der Waals surface area contributed by atoms with Gasteiger partial charge in [-0.1, -0.05) is 34.1 Å². The van der Waals surface area contributed by atoms with Crippen molar-refractivity contribution in [3.05, 3.63) is 0 Å². The molecule has 2 saturated heterocycles. The number of hydrogen-bond acceptors (Lipinski definition) is 3. The van der Waals surface area contributed by atoms with Crippen molar-refractivity contribution in [2.45, 2.75) is 66.2 Å². The van der Waals surface area contributed by atoms with Crippen molar-refractivity contribution < 1.29 is 4.79 Å². The number of piperidine rings is 2. The average molecular weight is 323 g/mol. The predicted octanol–water partition coefficient (Wildman–Crippen LogP) is 4.03. The van der Waals surface area contributed by atoms with Crippen molar-refractivity contribution in [2.75, 3.05) is 32.8 Å². The van der Waals surface area contributed by atoms with Crippen molar-refractivity contribution in [1.82, 2.24) is 9.80 Å². The molecule has 2 fully saturated rings. The van der Waals surface area contributed by atoms with Gasteiger partial charge in [-0.15, -0.1) is 0 Å². The molecule has 0 amide bonds. The summed E-state index contributed by atoms with van der Waals surface area (Å²) in [5.74, 6) is 3.19. The molecule has 3 nitrogen and oxygen atoms in total. The molecular weight excluding hydrogens is 284 g/mol. The second-order valence-electron chi connectivity index (χ2n) is 8.42. The maximum absolute atomic E-state index is 12.3. The molecule has 1 atom stereocenters. The molecule has 2 rings (SSSR count). The zero-order valence-electron chi connectivity index (χ0n) is 15.9. The summed E-state index contributed by atoms with van der Waals surface area (Å²) in [5.41, 5.74) is 0. The molecule has 134 valence electrons. The van der Waals surface area contributed by atoms with Crippen LogP contribution in [0.3, 0.4) is 0 Å². The minimum atomic E-state index is 0.340. The number of rotatable bonds is 7. The SMILES string of the molecule is CCC(C)CC(=O)C1CCN(CN2CCC(C(C)C)CC2)CC1. The van der Waals surface area contributed by atoms with Gasteiger partial charge in [0.1, 0.15) is 5.78 Å².